The molecule has 0 aromatic heterocycles. The van der Waals surface area contributed by atoms with Gasteiger partial charge in [-0.15, -0.1) is 0 Å². The molecule has 0 aliphatic rings. The summed E-state index contributed by atoms with van der Waals surface area (Å²) in [7, 11) is 3.99. The molecule has 0 spiro atoms. The van der Waals surface area contributed by atoms with Gasteiger partial charge in [-0.3, -0.25) is 4.79 Å². The molecule has 0 saturated heterocycles. The van der Waals surface area contributed by atoms with Crippen LogP contribution >= 0.6 is 0 Å². The van der Waals surface area contributed by atoms with Gasteiger partial charge in [0.2, 0.25) is 0 Å². The molecule has 0 fully saturated rings. The van der Waals surface area contributed by atoms with Crippen LogP contribution in [0.3, 0.4) is 0 Å². The second-order valence-electron chi connectivity index (χ2n) is 3.05. The molecule has 0 bridgehead atoms. The minimum absolute atomic E-state index is 0.310. The van der Waals surface area contributed by atoms with Gasteiger partial charge in [0.1, 0.15) is 0 Å². The fourth-order valence-corrected chi connectivity index (χ4v) is 0.759. The Morgan fingerprint density at radius 3 is 2.69 bits per heavy atom. The lowest BCUT2D eigenvalue weighted by atomic mass is 10.4. The summed E-state index contributed by atoms with van der Waals surface area (Å²) in [5.41, 5.74) is 0.819. The zero-order chi connectivity index (χ0) is 10.3. The summed E-state index contributed by atoms with van der Waals surface area (Å²) in [6.45, 7) is 6.72. The van der Waals surface area contributed by atoms with Gasteiger partial charge in [-0.2, -0.15) is 0 Å². The van der Waals surface area contributed by atoms with Crippen LogP contribution in [0.5, 0.6) is 0 Å². The third-order valence-corrected chi connectivity index (χ3v) is 1.46. The minimum Gasteiger partial charge on any atom is -0.387 e. The van der Waals surface area contributed by atoms with Crippen molar-refractivity contribution >= 4 is 12.6 Å². The molecule has 0 rings (SSSR count). The van der Waals surface area contributed by atoms with E-state index < -0.39 is 0 Å². The van der Waals surface area contributed by atoms with Crippen molar-refractivity contribution in [2.45, 2.75) is 6.92 Å². The largest absolute Gasteiger partial charge is 0.387 e. The number of amides is 1. The minimum atomic E-state index is -0.310. The first-order valence-electron chi connectivity index (χ1n) is 4.14. The van der Waals surface area contributed by atoms with Crippen molar-refractivity contribution in [2.75, 3.05) is 27.2 Å². The van der Waals surface area contributed by atoms with Crippen molar-refractivity contribution < 1.29 is 4.79 Å². The van der Waals surface area contributed by atoms with Gasteiger partial charge in [0, 0.05) is 24.9 Å². The molecule has 1 amide bonds. The van der Waals surface area contributed by atoms with Crippen LogP contribution in [0.2, 0.25) is 0 Å². The molecule has 74 valence electrons. The maximum atomic E-state index is 10.8. The van der Waals surface area contributed by atoms with Crippen LogP contribution in [-0.4, -0.2) is 44.7 Å². The van der Waals surface area contributed by atoms with Crippen LogP contribution in [0.1, 0.15) is 6.92 Å². The van der Waals surface area contributed by atoms with E-state index in [2.05, 4.69) is 21.9 Å². The number of allylic oxidation sites excluding steroid dienone is 1. The van der Waals surface area contributed by atoms with E-state index in [0.717, 1.165) is 18.8 Å². The topological polar surface area (TPSA) is 44.7 Å². The summed E-state index contributed by atoms with van der Waals surface area (Å²) >= 11 is 0. The number of carbonyl (C=O) groups excluding carboxylic acids is 1. The molecule has 0 aliphatic heterocycles. The molecule has 13 heavy (non-hydrogen) atoms. The van der Waals surface area contributed by atoms with Crippen molar-refractivity contribution in [3.63, 3.8) is 0 Å². The molecular formula is C9H17N3O. The van der Waals surface area contributed by atoms with E-state index in [4.69, 9.17) is 0 Å². The number of aliphatic imine (C=N–C) groups is 1. The van der Waals surface area contributed by atoms with Crippen molar-refractivity contribution in [3.05, 3.63) is 11.8 Å². The molecule has 0 atom stereocenters. The lowest BCUT2D eigenvalue weighted by Crippen LogP contribution is -2.25. The first-order chi connectivity index (χ1) is 6.06. The van der Waals surface area contributed by atoms with Gasteiger partial charge in [-0.1, -0.05) is 0 Å². The predicted octanol–water partition coefficient (Wildman–Crippen LogP) is 0.269. The van der Waals surface area contributed by atoms with Crippen molar-refractivity contribution in [3.8, 4) is 0 Å². The molecule has 0 aromatic carbocycles. The summed E-state index contributed by atoms with van der Waals surface area (Å²) in [4.78, 5) is 16.1. The Hall–Kier alpha value is -1.16. The predicted molar refractivity (Wildman–Crippen MR) is 54.9 cm³/mol. The number of likely N-dealkylation sites (N-methyl/N-ethyl adjacent to an activating group) is 1. The number of carbonyl (C=O) groups is 1. The second-order valence-corrected chi connectivity index (χ2v) is 3.05. The number of hydrogen-bond acceptors (Lipinski definition) is 3. The van der Waals surface area contributed by atoms with E-state index >= 15 is 0 Å². The van der Waals surface area contributed by atoms with E-state index in [0.29, 0.717) is 0 Å². The Balaban J connectivity index is 3.73. The number of nitrogens with zero attached hydrogens (tertiary/aromatic N) is 2. The smallest absolute Gasteiger partial charge is 0.270 e. The second kappa shape index (κ2) is 6.37. The Labute approximate surface area is 79.3 Å². The SMILES string of the molecule is C=NC(=O)/C=C(/C)NCCN(C)C. The first kappa shape index (κ1) is 11.8. The van der Waals surface area contributed by atoms with Crippen molar-refractivity contribution in [1.82, 2.24) is 10.2 Å². The van der Waals surface area contributed by atoms with Gasteiger partial charge in [-0.25, -0.2) is 4.99 Å². The quantitative estimate of drug-likeness (QED) is 0.491. The highest BCUT2D eigenvalue weighted by Crippen LogP contribution is 1.87. The standard InChI is InChI=1S/C9H17N3O/c1-8(7-9(13)10-2)11-5-6-12(3)4/h7,11H,2,5-6H2,1,3-4H3/b8-7-. The van der Waals surface area contributed by atoms with E-state index in [-0.39, 0.29) is 5.91 Å². The van der Waals surface area contributed by atoms with Gasteiger partial charge >= 0.3 is 0 Å². The van der Waals surface area contributed by atoms with Gasteiger partial charge < -0.3 is 10.2 Å². The zero-order valence-electron chi connectivity index (χ0n) is 8.50. The van der Waals surface area contributed by atoms with Crippen LogP contribution in [-0.2, 0) is 4.79 Å². The fourth-order valence-electron chi connectivity index (χ4n) is 0.759. The van der Waals surface area contributed by atoms with Crippen molar-refractivity contribution in [2.24, 2.45) is 4.99 Å². The molecule has 0 saturated carbocycles. The highest BCUT2D eigenvalue weighted by Gasteiger charge is 1.94. The summed E-state index contributed by atoms with van der Waals surface area (Å²) in [6, 6.07) is 0. The summed E-state index contributed by atoms with van der Waals surface area (Å²) in [5.74, 6) is -0.310. The number of rotatable bonds is 5. The van der Waals surface area contributed by atoms with Gasteiger partial charge in [0.15, 0.2) is 0 Å². The van der Waals surface area contributed by atoms with E-state index in [9.17, 15) is 4.79 Å². The van der Waals surface area contributed by atoms with Gasteiger partial charge in [0.25, 0.3) is 5.91 Å². The maximum absolute atomic E-state index is 10.8. The number of hydrogen-bond donors (Lipinski definition) is 1. The van der Waals surface area contributed by atoms with E-state index in [1.54, 1.807) is 0 Å². The van der Waals surface area contributed by atoms with E-state index in [1.165, 1.54) is 6.08 Å². The third kappa shape index (κ3) is 7.21. The van der Waals surface area contributed by atoms with Gasteiger partial charge in [-0.05, 0) is 27.7 Å². The molecule has 0 radical (unpaired) electrons. The summed E-state index contributed by atoms with van der Waals surface area (Å²) in [6.07, 6.45) is 1.43. The molecule has 0 aliphatic carbocycles. The molecule has 0 unspecified atom stereocenters. The first-order valence-corrected chi connectivity index (χ1v) is 4.14. The zero-order valence-corrected chi connectivity index (χ0v) is 8.50. The Kier molecular flexibility index (Phi) is 5.80. The summed E-state index contributed by atoms with van der Waals surface area (Å²) in [5, 5.41) is 3.09. The highest BCUT2D eigenvalue weighted by atomic mass is 16.1. The Morgan fingerprint density at radius 2 is 2.23 bits per heavy atom. The third-order valence-electron chi connectivity index (χ3n) is 1.46. The van der Waals surface area contributed by atoms with E-state index in [1.807, 2.05) is 21.0 Å². The normalized spacial score (nSPS) is 11.5. The monoisotopic (exact) mass is 183 g/mol. The molecule has 4 heteroatoms. The van der Waals surface area contributed by atoms with Gasteiger partial charge in [0.05, 0.1) is 0 Å². The van der Waals surface area contributed by atoms with Crippen LogP contribution in [0.15, 0.2) is 16.8 Å². The molecular weight excluding hydrogens is 166 g/mol. The summed E-state index contributed by atoms with van der Waals surface area (Å²) < 4.78 is 0. The van der Waals surface area contributed by atoms with Crippen LogP contribution in [0.4, 0.5) is 0 Å². The van der Waals surface area contributed by atoms with Crippen LogP contribution < -0.4 is 5.32 Å². The average molecular weight is 183 g/mol. The van der Waals surface area contributed by atoms with Crippen molar-refractivity contribution in [1.29, 1.82) is 0 Å². The van der Waals surface area contributed by atoms with Crippen LogP contribution in [0, 0.1) is 0 Å². The Bertz CT molecular complexity index is 209. The highest BCUT2D eigenvalue weighted by molar-refractivity contribution is 5.91. The maximum Gasteiger partial charge on any atom is 0.270 e. The lowest BCUT2D eigenvalue weighted by Gasteiger charge is -2.10. The average Bonchev–Trinajstić information content (AvgIpc) is 2.03. The Morgan fingerprint density at radius 1 is 1.62 bits per heavy atom. The number of nitrogens with one attached hydrogen (secondary N) is 1. The molecule has 0 aromatic rings. The lowest BCUT2D eigenvalue weighted by molar-refractivity contribution is -0.113. The molecule has 4 nitrogen and oxygen atoms in total. The molecule has 1 N–H and O–H groups in total. The fraction of sp³-hybridized carbons (Fsp3) is 0.556. The molecule has 0 heterocycles. The van der Waals surface area contributed by atoms with Crippen LogP contribution in [0.25, 0.3) is 0 Å².